The van der Waals surface area contributed by atoms with Crippen LogP contribution in [-0.2, 0) is 17.9 Å². The molecule has 2 aromatic carbocycles. The summed E-state index contributed by atoms with van der Waals surface area (Å²) in [6, 6.07) is 14.6. The molecule has 164 valence electrons. The lowest BCUT2D eigenvalue weighted by Crippen LogP contribution is -2.41. The fourth-order valence-corrected chi connectivity index (χ4v) is 4.52. The monoisotopic (exact) mass is 449 g/mol. The Kier molecular flexibility index (Phi) is 5.96. The van der Waals surface area contributed by atoms with Gasteiger partial charge in [-0.05, 0) is 66.2 Å². The number of hydrogen-bond donors (Lipinski definition) is 1. The number of ether oxygens (including phenoxy) is 1. The number of rotatable bonds is 6. The number of methoxy groups -OCH3 is 1. The molecule has 4 aromatic rings. The van der Waals surface area contributed by atoms with Crippen molar-refractivity contribution in [3.05, 3.63) is 91.4 Å². The Bertz CT molecular complexity index is 1390. The van der Waals surface area contributed by atoms with E-state index in [-0.39, 0.29) is 18.0 Å². The van der Waals surface area contributed by atoms with Crippen molar-refractivity contribution >= 4 is 27.5 Å². The molecule has 0 aliphatic heterocycles. The molecule has 2 aromatic heterocycles. The number of aryl methyl sites for hydroxylation is 2. The van der Waals surface area contributed by atoms with Crippen molar-refractivity contribution in [2.75, 3.05) is 7.11 Å². The first kappa shape index (κ1) is 21.6. The second kappa shape index (κ2) is 8.84. The van der Waals surface area contributed by atoms with Gasteiger partial charge in [0.1, 0.15) is 17.0 Å². The van der Waals surface area contributed by atoms with Crippen molar-refractivity contribution in [1.29, 1.82) is 0 Å². The molecule has 0 unspecified atom stereocenters. The van der Waals surface area contributed by atoms with E-state index in [1.807, 2.05) is 44.2 Å². The molecule has 0 aliphatic rings. The van der Waals surface area contributed by atoms with Gasteiger partial charge in [0.15, 0.2) is 0 Å². The SMILES string of the molecule is COc1ccc(CNC(=O)Cn2c(=O)n(-c3cc(C)cc(C)c3)c(=O)c3sccc32)cc1. The van der Waals surface area contributed by atoms with Crippen LogP contribution in [0.3, 0.4) is 0 Å². The molecule has 7 nitrogen and oxygen atoms in total. The van der Waals surface area contributed by atoms with Crippen LogP contribution in [0.5, 0.6) is 5.75 Å². The highest BCUT2D eigenvalue weighted by Crippen LogP contribution is 2.18. The number of nitrogens with one attached hydrogen (secondary N) is 1. The normalized spacial score (nSPS) is 11.0. The predicted octanol–water partition coefficient (Wildman–Crippen LogP) is 3.16. The number of amides is 1. The highest BCUT2D eigenvalue weighted by molar-refractivity contribution is 7.17. The number of carbonyl (C=O) groups is 1. The van der Waals surface area contributed by atoms with Gasteiger partial charge in [0.2, 0.25) is 5.91 Å². The highest BCUT2D eigenvalue weighted by Gasteiger charge is 2.18. The molecule has 0 spiro atoms. The lowest BCUT2D eigenvalue weighted by molar-refractivity contribution is -0.121. The largest absolute Gasteiger partial charge is 0.497 e. The van der Waals surface area contributed by atoms with Crippen LogP contribution in [0.25, 0.3) is 15.9 Å². The van der Waals surface area contributed by atoms with E-state index in [9.17, 15) is 14.4 Å². The number of thiophene rings is 1. The second-order valence-corrected chi connectivity index (χ2v) is 8.53. The van der Waals surface area contributed by atoms with Gasteiger partial charge in [0.25, 0.3) is 5.56 Å². The van der Waals surface area contributed by atoms with Crippen LogP contribution in [0.1, 0.15) is 16.7 Å². The standard InChI is InChI=1S/C24H23N3O4S/c1-15-10-16(2)12-18(11-15)27-23(29)22-20(8-9-32-22)26(24(27)30)14-21(28)25-13-17-4-6-19(31-3)7-5-17/h4-12H,13-14H2,1-3H3,(H,25,28). The van der Waals surface area contributed by atoms with Crippen LogP contribution in [0.2, 0.25) is 0 Å². The van der Waals surface area contributed by atoms with Crippen molar-refractivity contribution in [2.24, 2.45) is 0 Å². The third-order valence-electron chi connectivity index (χ3n) is 5.17. The van der Waals surface area contributed by atoms with Crippen LogP contribution in [0.4, 0.5) is 0 Å². The third-order valence-corrected chi connectivity index (χ3v) is 6.06. The molecule has 0 fully saturated rings. The molecule has 0 atom stereocenters. The maximum Gasteiger partial charge on any atom is 0.336 e. The van der Waals surface area contributed by atoms with Gasteiger partial charge in [-0.3, -0.25) is 14.2 Å². The van der Waals surface area contributed by atoms with Crippen molar-refractivity contribution in [3.8, 4) is 11.4 Å². The van der Waals surface area contributed by atoms with Gasteiger partial charge in [-0.2, -0.15) is 0 Å². The molecular formula is C24H23N3O4S. The van der Waals surface area contributed by atoms with Crippen LogP contribution < -0.4 is 21.3 Å². The summed E-state index contributed by atoms with van der Waals surface area (Å²) in [5.74, 6) is 0.418. The van der Waals surface area contributed by atoms with E-state index in [0.717, 1.165) is 27.0 Å². The van der Waals surface area contributed by atoms with E-state index in [2.05, 4.69) is 5.32 Å². The zero-order valence-electron chi connectivity index (χ0n) is 18.0. The summed E-state index contributed by atoms with van der Waals surface area (Å²) >= 11 is 1.26. The number of benzene rings is 2. The van der Waals surface area contributed by atoms with E-state index >= 15 is 0 Å². The molecule has 1 N–H and O–H groups in total. The molecule has 8 heteroatoms. The minimum absolute atomic E-state index is 0.187. The molecular weight excluding hydrogens is 426 g/mol. The van der Waals surface area contributed by atoms with Gasteiger partial charge in [-0.25, -0.2) is 9.36 Å². The molecule has 1 amide bonds. The first-order valence-corrected chi connectivity index (χ1v) is 11.0. The van der Waals surface area contributed by atoms with Gasteiger partial charge in [-0.1, -0.05) is 18.2 Å². The van der Waals surface area contributed by atoms with Crippen LogP contribution in [-0.4, -0.2) is 22.2 Å². The molecule has 32 heavy (non-hydrogen) atoms. The van der Waals surface area contributed by atoms with E-state index in [1.54, 1.807) is 30.7 Å². The smallest absolute Gasteiger partial charge is 0.336 e. The minimum Gasteiger partial charge on any atom is -0.497 e. The van der Waals surface area contributed by atoms with Gasteiger partial charge in [0, 0.05) is 6.54 Å². The summed E-state index contributed by atoms with van der Waals surface area (Å²) in [4.78, 5) is 39.1. The lowest BCUT2D eigenvalue weighted by Gasteiger charge is -2.13. The summed E-state index contributed by atoms with van der Waals surface area (Å²) in [6.07, 6.45) is 0. The van der Waals surface area contributed by atoms with Crippen LogP contribution in [0, 0.1) is 13.8 Å². The van der Waals surface area contributed by atoms with E-state index in [0.29, 0.717) is 22.4 Å². The molecule has 0 aliphatic carbocycles. The third kappa shape index (κ3) is 4.22. The molecule has 2 heterocycles. The zero-order valence-corrected chi connectivity index (χ0v) is 18.9. The maximum absolute atomic E-state index is 13.3. The van der Waals surface area contributed by atoms with E-state index in [1.165, 1.54) is 15.9 Å². The van der Waals surface area contributed by atoms with Crippen LogP contribution >= 0.6 is 11.3 Å². The molecule has 4 rings (SSSR count). The van der Waals surface area contributed by atoms with Gasteiger partial charge < -0.3 is 10.1 Å². The maximum atomic E-state index is 13.3. The lowest BCUT2D eigenvalue weighted by atomic mass is 10.1. The fraction of sp³-hybridized carbons (Fsp3) is 0.208. The average Bonchev–Trinajstić information content (AvgIpc) is 3.25. The Labute approximate surface area is 188 Å². The van der Waals surface area contributed by atoms with E-state index < -0.39 is 5.69 Å². The van der Waals surface area contributed by atoms with Gasteiger partial charge >= 0.3 is 5.69 Å². The highest BCUT2D eigenvalue weighted by atomic mass is 32.1. The Morgan fingerprint density at radius 2 is 1.72 bits per heavy atom. The molecule has 0 saturated heterocycles. The van der Waals surface area contributed by atoms with Gasteiger partial charge in [0.05, 0.1) is 18.3 Å². The van der Waals surface area contributed by atoms with Crippen molar-refractivity contribution < 1.29 is 9.53 Å². The number of carbonyl (C=O) groups excluding carboxylic acids is 1. The fourth-order valence-electron chi connectivity index (χ4n) is 3.69. The first-order valence-electron chi connectivity index (χ1n) is 10.1. The Morgan fingerprint density at radius 3 is 2.38 bits per heavy atom. The number of aromatic nitrogens is 2. The average molecular weight is 450 g/mol. The van der Waals surface area contributed by atoms with Gasteiger partial charge in [-0.15, -0.1) is 11.3 Å². The minimum atomic E-state index is -0.537. The quantitative estimate of drug-likeness (QED) is 0.490. The predicted molar refractivity (Wildman–Crippen MR) is 126 cm³/mol. The number of hydrogen-bond acceptors (Lipinski definition) is 5. The van der Waals surface area contributed by atoms with Crippen LogP contribution in [0.15, 0.2) is 63.5 Å². The topological polar surface area (TPSA) is 82.3 Å². The summed E-state index contributed by atoms with van der Waals surface area (Å²) < 4.78 is 8.08. The number of nitrogens with zero attached hydrogens (tertiary/aromatic N) is 2. The zero-order chi connectivity index (χ0) is 22.8. The van der Waals surface area contributed by atoms with E-state index in [4.69, 9.17) is 4.74 Å². The Hall–Kier alpha value is -3.65. The Morgan fingerprint density at radius 1 is 1.03 bits per heavy atom. The first-order chi connectivity index (χ1) is 15.4. The van der Waals surface area contributed by atoms with Crippen molar-refractivity contribution in [3.63, 3.8) is 0 Å². The number of fused-ring (bicyclic) bond motifs is 1. The van der Waals surface area contributed by atoms with Crippen molar-refractivity contribution in [2.45, 2.75) is 26.9 Å². The second-order valence-electron chi connectivity index (χ2n) is 7.61. The molecule has 0 saturated carbocycles. The van der Waals surface area contributed by atoms with Crippen molar-refractivity contribution in [1.82, 2.24) is 14.5 Å². The summed E-state index contributed by atoms with van der Waals surface area (Å²) in [7, 11) is 1.59. The summed E-state index contributed by atoms with van der Waals surface area (Å²) in [5, 5.41) is 4.59. The summed E-state index contributed by atoms with van der Waals surface area (Å²) in [5.41, 5.74) is 2.85. The Balaban J connectivity index is 1.67. The molecule has 0 radical (unpaired) electrons. The molecule has 0 bridgehead atoms. The summed E-state index contributed by atoms with van der Waals surface area (Å²) in [6.45, 7) is 3.96.